The molecule has 6 nitrogen and oxygen atoms in total. The summed E-state index contributed by atoms with van der Waals surface area (Å²) in [6, 6.07) is 1.99. The highest BCUT2D eigenvalue weighted by Gasteiger charge is 2.38. The van der Waals surface area contributed by atoms with Crippen molar-refractivity contribution in [2.45, 2.75) is 19.3 Å². The summed E-state index contributed by atoms with van der Waals surface area (Å²) in [6.07, 6.45) is 11.5. The molecule has 1 saturated heterocycles. The molecule has 0 bridgehead atoms. The first kappa shape index (κ1) is 17.3. The van der Waals surface area contributed by atoms with Gasteiger partial charge in [0.05, 0.1) is 0 Å². The summed E-state index contributed by atoms with van der Waals surface area (Å²) in [6.45, 7) is 1.57. The third kappa shape index (κ3) is 3.26. The van der Waals surface area contributed by atoms with E-state index in [-0.39, 0.29) is 11.8 Å². The van der Waals surface area contributed by atoms with Crippen LogP contribution in [0, 0.1) is 11.8 Å². The molecule has 0 aromatic carbocycles. The quantitative estimate of drug-likeness (QED) is 0.815. The number of thiazole rings is 1. The van der Waals surface area contributed by atoms with Crippen molar-refractivity contribution in [1.82, 2.24) is 14.9 Å². The Morgan fingerprint density at radius 2 is 2.21 bits per heavy atom. The highest BCUT2D eigenvalue weighted by atomic mass is 32.1. The van der Waals surface area contributed by atoms with Gasteiger partial charge in [-0.3, -0.25) is 9.59 Å². The third-order valence-electron chi connectivity index (χ3n) is 5.69. The van der Waals surface area contributed by atoms with Gasteiger partial charge in [-0.2, -0.15) is 0 Å². The Balaban J connectivity index is 1.23. The molecule has 0 saturated carbocycles. The molecule has 2 atom stereocenters. The van der Waals surface area contributed by atoms with Crippen molar-refractivity contribution in [3.63, 3.8) is 0 Å². The molecule has 2 aromatic heterocycles. The van der Waals surface area contributed by atoms with E-state index in [2.05, 4.69) is 21.4 Å². The predicted octanol–water partition coefficient (Wildman–Crippen LogP) is 3.00. The number of hydrogen-bond acceptors (Lipinski definition) is 5. The normalized spacial score (nSPS) is 23.5. The number of anilines is 1. The zero-order valence-electron chi connectivity index (χ0n) is 15.3. The van der Waals surface area contributed by atoms with Crippen LogP contribution in [0.25, 0.3) is 11.6 Å². The fraction of sp³-hybridized carbons (Fsp3) is 0.333. The van der Waals surface area contributed by atoms with E-state index >= 15 is 0 Å². The van der Waals surface area contributed by atoms with Crippen molar-refractivity contribution in [1.29, 1.82) is 0 Å². The first-order valence-corrected chi connectivity index (χ1v) is 10.4. The van der Waals surface area contributed by atoms with Gasteiger partial charge in [-0.05, 0) is 53.5 Å². The lowest BCUT2D eigenvalue weighted by atomic mass is 10.00. The summed E-state index contributed by atoms with van der Waals surface area (Å²) < 4.78 is 0. The van der Waals surface area contributed by atoms with Crippen LogP contribution in [-0.2, 0) is 16.0 Å². The van der Waals surface area contributed by atoms with Crippen LogP contribution in [0.5, 0.6) is 0 Å². The number of carbonyl (C=O) groups is 2. The smallest absolute Gasteiger partial charge is 0.246 e. The molecule has 142 valence electrons. The van der Waals surface area contributed by atoms with Crippen LogP contribution in [0.15, 0.2) is 36.0 Å². The molecule has 2 aromatic rings. The number of aromatic nitrogens is 2. The van der Waals surface area contributed by atoms with E-state index in [4.69, 9.17) is 0 Å². The Hall–Kier alpha value is -2.80. The number of hydrogen-bond donors (Lipinski definition) is 1. The molecule has 4 heterocycles. The molecule has 0 radical (unpaired) electrons. The Kier molecular flexibility index (Phi) is 4.31. The summed E-state index contributed by atoms with van der Waals surface area (Å²) in [5.74, 6) is 1.63. The highest BCUT2D eigenvalue weighted by Crippen LogP contribution is 2.41. The molecule has 2 aliphatic heterocycles. The Morgan fingerprint density at radius 3 is 3.04 bits per heavy atom. The van der Waals surface area contributed by atoms with Crippen LogP contribution in [0.3, 0.4) is 0 Å². The zero-order valence-corrected chi connectivity index (χ0v) is 16.1. The average molecular weight is 392 g/mol. The van der Waals surface area contributed by atoms with E-state index in [9.17, 15) is 9.59 Å². The van der Waals surface area contributed by atoms with Crippen LogP contribution in [0.4, 0.5) is 5.82 Å². The Bertz CT molecular complexity index is 996. The number of nitrogens with one attached hydrogen (secondary N) is 1. The van der Waals surface area contributed by atoms with Gasteiger partial charge in [0.2, 0.25) is 11.8 Å². The minimum atomic E-state index is 0.00474. The molecule has 1 aliphatic carbocycles. The lowest BCUT2D eigenvalue weighted by Crippen LogP contribution is -2.27. The molecule has 28 heavy (non-hydrogen) atoms. The minimum Gasteiger partial charge on any atom is -0.338 e. The number of aryl methyl sites for hydroxylation is 1. The molecule has 3 aliphatic rings. The predicted molar refractivity (Wildman–Crippen MR) is 108 cm³/mol. The number of rotatable bonds is 3. The van der Waals surface area contributed by atoms with Gasteiger partial charge >= 0.3 is 0 Å². The van der Waals surface area contributed by atoms with Crippen molar-refractivity contribution >= 4 is 40.6 Å². The number of likely N-dealkylation sites (tertiary alicyclic amines) is 1. The fourth-order valence-corrected chi connectivity index (χ4v) is 4.94. The number of amides is 2. The summed E-state index contributed by atoms with van der Waals surface area (Å²) in [5, 5.41) is 5.90. The number of allylic oxidation sites excluding steroid dienone is 1. The topological polar surface area (TPSA) is 75.2 Å². The van der Waals surface area contributed by atoms with Crippen molar-refractivity contribution in [2.24, 2.45) is 11.8 Å². The molecule has 1 fully saturated rings. The number of pyridine rings is 1. The van der Waals surface area contributed by atoms with Gasteiger partial charge in [0.15, 0.2) is 0 Å². The first-order valence-electron chi connectivity index (χ1n) is 9.52. The van der Waals surface area contributed by atoms with Crippen LogP contribution < -0.4 is 5.32 Å². The van der Waals surface area contributed by atoms with Crippen LogP contribution in [-0.4, -0.2) is 39.8 Å². The lowest BCUT2D eigenvalue weighted by Gasteiger charge is -2.16. The van der Waals surface area contributed by atoms with Gasteiger partial charge in [-0.25, -0.2) is 9.97 Å². The zero-order chi connectivity index (χ0) is 19.1. The molecule has 2 unspecified atom stereocenters. The third-order valence-corrected chi connectivity index (χ3v) is 6.54. The number of carbonyl (C=O) groups excluding carboxylic acids is 2. The maximum Gasteiger partial charge on any atom is 0.246 e. The van der Waals surface area contributed by atoms with Crippen LogP contribution >= 0.6 is 11.3 Å². The maximum absolute atomic E-state index is 12.6. The SMILES string of the molecule is O=C1CCc2cc(/C=C/C(=O)N3CC4C=C(c5nccs5)CC4C3)cnc2N1. The molecular formula is C21H20N4O2S. The molecule has 5 rings (SSSR count). The number of fused-ring (bicyclic) bond motifs is 2. The average Bonchev–Trinajstić information content (AvgIpc) is 3.41. The largest absolute Gasteiger partial charge is 0.338 e. The highest BCUT2D eigenvalue weighted by molar-refractivity contribution is 7.10. The lowest BCUT2D eigenvalue weighted by molar-refractivity contribution is -0.125. The minimum absolute atomic E-state index is 0.00474. The molecule has 0 spiro atoms. The van der Waals surface area contributed by atoms with E-state index < -0.39 is 0 Å². The number of nitrogens with zero attached hydrogens (tertiary/aromatic N) is 3. The standard InChI is InChI=1S/C21H20N4O2S/c26-18-3-2-14-7-13(10-23-20(14)24-18)1-4-19(27)25-11-16-8-15(9-17(16)12-25)21-22-5-6-28-21/h1,4-8,10,16-17H,2-3,9,11-12H2,(H,23,24,26)/b4-1+. The van der Waals surface area contributed by atoms with Gasteiger partial charge in [0, 0.05) is 43.4 Å². The van der Waals surface area contributed by atoms with E-state index in [1.165, 1.54) is 5.57 Å². The first-order chi connectivity index (χ1) is 13.7. The van der Waals surface area contributed by atoms with Gasteiger partial charge < -0.3 is 10.2 Å². The molecule has 7 heteroatoms. The summed E-state index contributed by atoms with van der Waals surface area (Å²) in [7, 11) is 0. The van der Waals surface area contributed by atoms with E-state index in [0.717, 1.165) is 35.6 Å². The molecule has 1 N–H and O–H groups in total. The van der Waals surface area contributed by atoms with Crippen molar-refractivity contribution in [3.05, 3.63) is 52.1 Å². The van der Waals surface area contributed by atoms with Crippen molar-refractivity contribution < 1.29 is 9.59 Å². The van der Waals surface area contributed by atoms with E-state index in [1.807, 2.05) is 28.6 Å². The van der Waals surface area contributed by atoms with Gasteiger partial charge in [0.25, 0.3) is 0 Å². The van der Waals surface area contributed by atoms with Crippen LogP contribution in [0.1, 0.15) is 29.0 Å². The maximum atomic E-state index is 12.6. The van der Waals surface area contributed by atoms with Gasteiger partial charge in [-0.15, -0.1) is 11.3 Å². The molecular weight excluding hydrogens is 372 g/mol. The summed E-state index contributed by atoms with van der Waals surface area (Å²) >= 11 is 1.68. The van der Waals surface area contributed by atoms with Gasteiger partial charge in [0.1, 0.15) is 10.8 Å². The van der Waals surface area contributed by atoms with Crippen molar-refractivity contribution in [3.8, 4) is 0 Å². The fourth-order valence-electron chi connectivity index (χ4n) is 4.27. The van der Waals surface area contributed by atoms with Gasteiger partial charge in [-0.1, -0.05) is 6.08 Å². The Labute approximate surface area is 167 Å². The second-order valence-electron chi connectivity index (χ2n) is 7.56. The molecule has 2 amide bonds. The Morgan fingerprint density at radius 1 is 1.29 bits per heavy atom. The second-order valence-corrected chi connectivity index (χ2v) is 8.45. The van der Waals surface area contributed by atoms with Crippen molar-refractivity contribution in [2.75, 3.05) is 18.4 Å². The van der Waals surface area contributed by atoms with Crippen LogP contribution in [0.2, 0.25) is 0 Å². The van der Waals surface area contributed by atoms with E-state index in [1.54, 1.807) is 23.6 Å². The monoisotopic (exact) mass is 392 g/mol. The summed E-state index contributed by atoms with van der Waals surface area (Å²) in [5.41, 5.74) is 3.23. The van der Waals surface area contributed by atoms with E-state index in [0.29, 0.717) is 30.5 Å². The second kappa shape index (κ2) is 6.98. The summed E-state index contributed by atoms with van der Waals surface area (Å²) in [4.78, 5) is 34.7.